The topological polar surface area (TPSA) is 38.8 Å². The van der Waals surface area contributed by atoms with Crippen molar-refractivity contribution < 1.29 is 14.3 Å². The van der Waals surface area contributed by atoms with Crippen molar-refractivity contribution in [2.24, 2.45) is 0 Å². The number of hydrogen-bond donors (Lipinski definition) is 0. The molecule has 1 aromatic rings. The molecule has 0 spiro atoms. The first-order chi connectivity index (χ1) is 9.69. The molecule has 20 heavy (non-hydrogen) atoms. The second-order valence-corrected chi connectivity index (χ2v) is 5.79. The summed E-state index contributed by atoms with van der Waals surface area (Å²) in [5.74, 6) is 0.944. The summed E-state index contributed by atoms with van der Waals surface area (Å²) in [6, 6.07) is 7.64. The van der Waals surface area contributed by atoms with Crippen molar-refractivity contribution in [3.63, 3.8) is 0 Å². The lowest BCUT2D eigenvalue weighted by Gasteiger charge is -2.31. The molecule has 1 fully saturated rings. The molecule has 0 bridgehead atoms. The fourth-order valence-electron chi connectivity index (χ4n) is 2.31. The molecule has 4 nitrogen and oxygen atoms in total. The Kier molecular flexibility index (Phi) is 5.86. The Morgan fingerprint density at radius 3 is 2.80 bits per heavy atom. The van der Waals surface area contributed by atoms with Crippen LogP contribution in [0.4, 0.5) is 0 Å². The average Bonchev–Trinajstić information content (AvgIpc) is 2.47. The number of nitrogens with zero attached hydrogens (tertiary/aromatic N) is 1. The van der Waals surface area contributed by atoms with Crippen molar-refractivity contribution in [1.82, 2.24) is 4.90 Å². The SMILES string of the molecule is COC1CCN(C(=O)CCOc2cccc(Br)c2)CC1. The van der Waals surface area contributed by atoms with Gasteiger partial charge in [0.05, 0.1) is 19.1 Å². The zero-order chi connectivity index (χ0) is 14.4. The van der Waals surface area contributed by atoms with Crippen molar-refractivity contribution in [2.75, 3.05) is 26.8 Å². The monoisotopic (exact) mass is 341 g/mol. The van der Waals surface area contributed by atoms with E-state index in [0.29, 0.717) is 19.1 Å². The Labute approximate surface area is 128 Å². The van der Waals surface area contributed by atoms with Crippen LogP contribution in [0.25, 0.3) is 0 Å². The minimum Gasteiger partial charge on any atom is -0.493 e. The highest BCUT2D eigenvalue weighted by Gasteiger charge is 2.22. The summed E-state index contributed by atoms with van der Waals surface area (Å²) in [5, 5.41) is 0. The van der Waals surface area contributed by atoms with Crippen LogP contribution in [-0.2, 0) is 9.53 Å². The van der Waals surface area contributed by atoms with Crippen molar-refractivity contribution in [2.45, 2.75) is 25.4 Å². The maximum atomic E-state index is 12.0. The summed E-state index contributed by atoms with van der Waals surface area (Å²) in [7, 11) is 1.73. The van der Waals surface area contributed by atoms with E-state index in [-0.39, 0.29) is 5.91 Å². The van der Waals surface area contributed by atoms with Gasteiger partial charge in [0.25, 0.3) is 0 Å². The molecule has 0 N–H and O–H groups in total. The molecule has 0 atom stereocenters. The number of halogens is 1. The predicted octanol–water partition coefficient (Wildman–Crippen LogP) is 2.86. The van der Waals surface area contributed by atoms with Gasteiger partial charge in [-0.25, -0.2) is 0 Å². The molecule has 1 saturated heterocycles. The van der Waals surface area contributed by atoms with E-state index in [0.717, 1.165) is 36.2 Å². The first-order valence-corrected chi connectivity index (χ1v) is 7.67. The number of rotatable bonds is 5. The van der Waals surface area contributed by atoms with Crippen LogP contribution in [0.15, 0.2) is 28.7 Å². The maximum Gasteiger partial charge on any atom is 0.226 e. The van der Waals surface area contributed by atoms with Crippen LogP contribution in [0.5, 0.6) is 5.75 Å². The molecular formula is C15H20BrNO3. The van der Waals surface area contributed by atoms with E-state index < -0.39 is 0 Å². The Morgan fingerprint density at radius 1 is 1.40 bits per heavy atom. The van der Waals surface area contributed by atoms with Gasteiger partial charge in [-0.05, 0) is 31.0 Å². The van der Waals surface area contributed by atoms with Gasteiger partial charge in [-0.3, -0.25) is 4.79 Å². The van der Waals surface area contributed by atoms with Crippen molar-refractivity contribution >= 4 is 21.8 Å². The summed E-state index contributed by atoms with van der Waals surface area (Å²) < 4.78 is 11.9. The quantitative estimate of drug-likeness (QED) is 0.826. The third kappa shape index (κ3) is 4.49. The number of amides is 1. The summed E-state index contributed by atoms with van der Waals surface area (Å²) in [6.07, 6.45) is 2.57. The number of likely N-dealkylation sites (tertiary alicyclic amines) is 1. The number of carbonyl (C=O) groups is 1. The third-order valence-electron chi connectivity index (χ3n) is 3.51. The molecule has 1 aromatic carbocycles. The van der Waals surface area contributed by atoms with E-state index in [1.807, 2.05) is 29.2 Å². The van der Waals surface area contributed by atoms with E-state index in [4.69, 9.17) is 9.47 Å². The molecule has 1 heterocycles. The fraction of sp³-hybridized carbons (Fsp3) is 0.533. The maximum absolute atomic E-state index is 12.0. The second kappa shape index (κ2) is 7.64. The van der Waals surface area contributed by atoms with E-state index in [2.05, 4.69) is 15.9 Å². The van der Waals surface area contributed by atoms with Crippen LogP contribution in [0.2, 0.25) is 0 Å². The lowest BCUT2D eigenvalue weighted by molar-refractivity contribution is -0.134. The molecule has 2 rings (SSSR count). The van der Waals surface area contributed by atoms with Gasteiger partial charge in [-0.2, -0.15) is 0 Å². The van der Waals surface area contributed by atoms with Gasteiger partial charge in [-0.15, -0.1) is 0 Å². The normalized spacial score (nSPS) is 16.2. The highest BCUT2D eigenvalue weighted by Crippen LogP contribution is 2.18. The van der Waals surface area contributed by atoms with Crippen molar-refractivity contribution in [3.8, 4) is 5.75 Å². The first-order valence-electron chi connectivity index (χ1n) is 6.88. The van der Waals surface area contributed by atoms with Crippen molar-refractivity contribution in [1.29, 1.82) is 0 Å². The molecule has 1 aliphatic rings. The van der Waals surface area contributed by atoms with Crippen LogP contribution < -0.4 is 4.74 Å². The van der Waals surface area contributed by atoms with Crippen LogP contribution in [0.3, 0.4) is 0 Å². The Hall–Kier alpha value is -1.07. The number of ether oxygens (including phenoxy) is 2. The molecule has 0 aromatic heterocycles. The van der Waals surface area contributed by atoms with E-state index in [1.165, 1.54) is 0 Å². The van der Waals surface area contributed by atoms with Gasteiger partial charge in [0.15, 0.2) is 0 Å². The lowest BCUT2D eigenvalue weighted by atomic mass is 10.1. The number of piperidine rings is 1. The van der Waals surface area contributed by atoms with E-state index in [9.17, 15) is 4.79 Å². The van der Waals surface area contributed by atoms with Crippen LogP contribution >= 0.6 is 15.9 Å². The number of hydrogen-bond acceptors (Lipinski definition) is 3. The van der Waals surface area contributed by atoms with Gasteiger partial charge < -0.3 is 14.4 Å². The molecule has 1 aliphatic heterocycles. The zero-order valence-corrected chi connectivity index (χ0v) is 13.3. The molecule has 1 amide bonds. The minimum atomic E-state index is 0.162. The standard InChI is InChI=1S/C15H20BrNO3/c1-19-13-5-8-17(9-6-13)15(18)7-10-20-14-4-2-3-12(16)11-14/h2-4,11,13H,5-10H2,1H3. The lowest BCUT2D eigenvalue weighted by Crippen LogP contribution is -2.41. The fourth-order valence-corrected chi connectivity index (χ4v) is 2.69. The highest BCUT2D eigenvalue weighted by molar-refractivity contribution is 9.10. The number of methoxy groups -OCH3 is 1. The minimum absolute atomic E-state index is 0.162. The van der Waals surface area contributed by atoms with Gasteiger partial charge in [0.1, 0.15) is 5.75 Å². The van der Waals surface area contributed by atoms with Crippen LogP contribution in [0, 0.1) is 0 Å². The molecular weight excluding hydrogens is 322 g/mol. The Bertz CT molecular complexity index is 444. The first kappa shape index (κ1) is 15.3. The molecule has 0 aliphatic carbocycles. The number of benzene rings is 1. The second-order valence-electron chi connectivity index (χ2n) is 4.87. The molecule has 110 valence electrons. The molecule has 0 unspecified atom stereocenters. The molecule has 0 saturated carbocycles. The van der Waals surface area contributed by atoms with Gasteiger partial charge in [0.2, 0.25) is 5.91 Å². The zero-order valence-electron chi connectivity index (χ0n) is 11.7. The Morgan fingerprint density at radius 2 is 2.15 bits per heavy atom. The van der Waals surface area contributed by atoms with Crippen LogP contribution in [0.1, 0.15) is 19.3 Å². The third-order valence-corrected chi connectivity index (χ3v) is 4.00. The summed E-state index contributed by atoms with van der Waals surface area (Å²) in [6.45, 7) is 1.99. The summed E-state index contributed by atoms with van der Waals surface area (Å²) in [4.78, 5) is 13.9. The summed E-state index contributed by atoms with van der Waals surface area (Å²) in [5.41, 5.74) is 0. The Balaban J connectivity index is 1.70. The van der Waals surface area contributed by atoms with Gasteiger partial charge >= 0.3 is 0 Å². The van der Waals surface area contributed by atoms with E-state index >= 15 is 0 Å². The van der Waals surface area contributed by atoms with Crippen molar-refractivity contribution in [3.05, 3.63) is 28.7 Å². The predicted molar refractivity (Wildman–Crippen MR) is 80.9 cm³/mol. The summed E-state index contributed by atoms with van der Waals surface area (Å²) >= 11 is 3.39. The number of carbonyl (C=O) groups excluding carboxylic acids is 1. The largest absolute Gasteiger partial charge is 0.493 e. The van der Waals surface area contributed by atoms with Crippen LogP contribution in [-0.4, -0.2) is 43.7 Å². The highest BCUT2D eigenvalue weighted by atomic mass is 79.9. The average molecular weight is 342 g/mol. The molecule has 0 radical (unpaired) electrons. The molecule has 5 heteroatoms. The smallest absolute Gasteiger partial charge is 0.226 e. The van der Waals surface area contributed by atoms with Gasteiger partial charge in [-0.1, -0.05) is 22.0 Å². The van der Waals surface area contributed by atoms with E-state index in [1.54, 1.807) is 7.11 Å². The van der Waals surface area contributed by atoms with Gasteiger partial charge in [0, 0.05) is 24.7 Å².